The van der Waals surface area contributed by atoms with E-state index >= 15 is 0 Å². The van der Waals surface area contributed by atoms with Crippen LogP contribution in [0.25, 0.3) is 0 Å². The van der Waals surface area contributed by atoms with Crippen molar-refractivity contribution in [1.29, 1.82) is 5.26 Å². The van der Waals surface area contributed by atoms with Gasteiger partial charge in [0, 0.05) is 6.04 Å². The average Bonchev–Trinajstić information content (AvgIpc) is 3.22. The smallest absolute Gasteiger partial charge is 0.323 e. The minimum Gasteiger partial charge on any atom is -0.480 e. The van der Waals surface area contributed by atoms with Gasteiger partial charge < -0.3 is 15.3 Å². The van der Waals surface area contributed by atoms with Gasteiger partial charge in [0.1, 0.15) is 6.54 Å². The van der Waals surface area contributed by atoms with Crippen molar-refractivity contribution in [1.82, 2.24) is 4.90 Å². The fourth-order valence-electron chi connectivity index (χ4n) is 1.77. The Morgan fingerprint density at radius 3 is 2.70 bits per heavy atom. The van der Waals surface area contributed by atoms with Crippen LogP contribution in [0, 0.1) is 11.3 Å². The van der Waals surface area contributed by atoms with Gasteiger partial charge in [-0.25, -0.2) is 4.79 Å². The molecule has 1 aromatic carbocycles. The third kappa shape index (κ3) is 3.39. The van der Waals surface area contributed by atoms with E-state index in [1.165, 1.54) is 23.1 Å². The Kier molecular flexibility index (Phi) is 4.11. The Bertz CT molecular complexity index is 593. The molecular formula is C13H12ClN3O3. The van der Waals surface area contributed by atoms with E-state index in [0.717, 1.165) is 12.8 Å². The van der Waals surface area contributed by atoms with Gasteiger partial charge in [-0.15, -0.1) is 0 Å². The summed E-state index contributed by atoms with van der Waals surface area (Å²) in [6.07, 6.45) is 1.61. The van der Waals surface area contributed by atoms with Crippen molar-refractivity contribution >= 4 is 29.3 Å². The third-order valence-electron chi connectivity index (χ3n) is 2.89. The maximum absolute atomic E-state index is 12.1. The molecule has 1 fully saturated rings. The van der Waals surface area contributed by atoms with Crippen LogP contribution in [-0.4, -0.2) is 34.6 Å². The minimum absolute atomic E-state index is 0.0248. The maximum atomic E-state index is 12.1. The number of amides is 2. The van der Waals surface area contributed by atoms with Gasteiger partial charge in [-0.2, -0.15) is 5.26 Å². The zero-order valence-electron chi connectivity index (χ0n) is 10.5. The highest BCUT2D eigenvalue weighted by Crippen LogP contribution is 2.28. The number of anilines is 1. The largest absolute Gasteiger partial charge is 0.480 e. The Morgan fingerprint density at radius 2 is 2.20 bits per heavy atom. The van der Waals surface area contributed by atoms with Crippen molar-refractivity contribution in [2.75, 3.05) is 11.9 Å². The molecule has 2 rings (SSSR count). The number of carboxylic acid groups (broad SMARTS) is 1. The predicted molar refractivity (Wildman–Crippen MR) is 72.5 cm³/mol. The fraction of sp³-hybridized carbons (Fsp3) is 0.308. The second-order valence-corrected chi connectivity index (χ2v) is 4.90. The highest BCUT2D eigenvalue weighted by Gasteiger charge is 2.34. The normalized spacial score (nSPS) is 13.4. The Balaban J connectivity index is 2.10. The summed E-state index contributed by atoms with van der Waals surface area (Å²) in [5.41, 5.74) is 0.740. The SMILES string of the molecule is N#Cc1ccc(NC(=O)N(CC(=O)O)C2CC2)c(Cl)c1. The van der Waals surface area contributed by atoms with Gasteiger partial charge in [-0.1, -0.05) is 11.6 Å². The number of nitriles is 1. The van der Waals surface area contributed by atoms with Crippen molar-refractivity contribution in [2.24, 2.45) is 0 Å². The second-order valence-electron chi connectivity index (χ2n) is 4.49. The van der Waals surface area contributed by atoms with Crippen LogP contribution in [0.1, 0.15) is 18.4 Å². The number of hydrogen-bond acceptors (Lipinski definition) is 3. The standard InChI is InChI=1S/C13H12ClN3O3/c14-10-5-8(6-15)1-4-11(10)16-13(20)17(7-12(18)19)9-2-3-9/h1,4-5,9H,2-3,7H2,(H,16,20)(H,18,19). The summed E-state index contributed by atoms with van der Waals surface area (Å²) in [5.74, 6) is -1.06. The first-order chi connectivity index (χ1) is 9.51. The summed E-state index contributed by atoms with van der Waals surface area (Å²) < 4.78 is 0. The van der Waals surface area contributed by atoms with Crippen molar-refractivity contribution in [3.8, 4) is 6.07 Å². The van der Waals surface area contributed by atoms with Gasteiger partial charge in [-0.3, -0.25) is 4.79 Å². The van der Waals surface area contributed by atoms with Gasteiger partial charge in [0.15, 0.2) is 0 Å². The quantitative estimate of drug-likeness (QED) is 0.890. The summed E-state index contributed by atoms with van der Waals surface area (Å²) in [7, 11) is 0. The lowest BCUT2D eigenvalue weighted by atomic mass is 10.2. The number of nitrogens with zero attached hydrogens (tertiary/aromatic N) is 2. The highest BCUT2D eigenvalue weighted by molar-refractivity contribution is 6.33. The van der Waals surface area contributed by atoms with Gasteiger partial charge >= 0.3 is 12.0 Å². The molecule has 0 heterocycles. The minimum atomic E-state index is -1.06. The van der Waals surface area contributed by atoms with Crippen LogP contribution < -0.4 is 5.32 Å². The van der Waals surface area contributed by atoms with Gasteiger partial charge in [0.2, 0.25) is 0 Å². The Labute approximate surface area is 120 Å². The van der Waals surface area contributed by atoms with Crippen LogP contribution in [0.5, 0.6) is 0 Å². The topological polar surface area (TPSA) is 93.4 Å². The van der Waals surface area contributed by atoms with E-state index in [4.69, 9.17) is 22.0 Å². The van der Waals surface area contributed by atoms with Crippen molar-refractivity contribution in [3.05, 3.63) is 28.8 Å². The number of rotatable bonds is 4. The summed E-state index contributed by atoms with van der Waals surface area (Å²) in [6, 6.07) is 5.90. The molecule has 0 saturated heterocycles. The number of aliphatic carboxylic acids is 1. The molecule has 0 spiro atoms. The number of nitrogens with one attached hydrogen (secondary N) is 1. The van der Waals surface area contributed by atoms with Crippen LogP contribution in [0.15, 0.2) is 18.2 Å². The molecule has 1 aromatic rings. The lowest BCUT2D eigenvalue weighted by molar-refractivity contribution is -0.137. The van der Waals surface area contributed by atoms with E-state index in [9.17, 15) is 9.59 Å². The zero-order valence-corrected chi connectivity index (χ0v) is 11.2. The number of hydrogen-bond donors (Lipinski definition) is 2. The molecule has 20 heavy (non-hydrogen) atoms. The first-order valence-electron chi connectivity index (χ1n) is 6.00. The van der Waals surface area contributed by atoms with E-state index in [0.29, 0.717) is 11.3 Å². The summed E-state index contributed by atoms with van der Waals surface area (Å²) in [5, 5.41) is 20.4. The number of urea groups is 1. The van der Waals surface area contributed by atoms with E-state index in [2.05, 4.69) is 5.32 Å². The molecule has 0 aliphatic heterocycles. The molecule has 2 amide bonds. The van der Waals surface area contributed by atoms with E-state index in [-0.39, 0.29) is 17.6 Å². The molecule has 104 valence electrons. The molecule has 0 aromatic heterocycles. The molecule has 0 bridgehead atoms. The monoisotopic (exact) mass is 293 g/mol. The van der Waals surface area contributed by atoms with Crippen molar-refractivity contribution < 1.29 is 14.7 Å². The lowest BCUT2D eigenvalue weighted by Gasteiger charge is -2.21. The van der Waals surface area contributed by atoms with E-state index < -0.39 is 12.0 Å². The summed E-state index contributed by atoms with van der Waals surface area (Å²) >= 11 is 5.96. The summed E-state index contributed by atoms with van der Waals surface area (Å²) in [6.45, 7) is -0.343. The highest BCUT2D eigenvalue weighted by atomic mass is 35.5. The first kappa shape index (κ1) is 14.2. The molecule has 0 unspecified atom stereocenters. The van der Waals surface area contributed by atoms with Gasteiger partial charge in [0.05, 0.1) is 22.3 Å². The Morgan fingerprint density at radius 1 is 1.50 bits per heavy atom. The molecule has 0 atom stereocenters. The third-order valence-corrected chi connectivity index (χ3v) is 3.21. The molecule has 0 radical (unpaired) electrons. The fourth-order valence-corrected chi connectivity index (χ4v) is 2.00. The molecule has 1 saturated carbocycles. The van der Waals surface area contributed by atoms with Crippen molar-refractivity contribution in [3.63, 3.8) is 0 Å². The second kappa shape index (κ2) is 5.80. The summed E-state index contributed by atoms with van der Waals surface area (Å²) in [4.78, 5) is 24.1. The van der Waals surface area contributed by atoms with Crippen LogP contribution in [0.4, 0.5) is 10.5 Å². The Hall–Kier alpha value is -2.26. The van der Waals surface area contributed by atoms with Crippen LogP contribution in [0.3, 0.4) is 0 Å². The molecule has 1 aliphatic carbocycles. The molecule has 6 nitrogen and oxygen atoms in total. The number of carboxylic acids is 1. The van der Waals surface area contributed by atoms with Gasteiger partial charge in [-0.05, 0) is 31.0 Å². The molecule has 1 aliphatic rings. The van der Waals surface area contributed by atoms with Crippen LogP contribution in [-0.2, 0) is 4.79 Å². The zero-order chi connectivity index (χ0) is 14.7. The van der Waals surface area contributed by atoms with Gasteiger partial charge in [0.25, 0.3) is 0 Å². The number of halogens is 1. The van der Waals surface area contributed by atoms with E-state index in [1.807, 2.05) is 6.07 Å². The maximum Gasteiger partial charge on any atom is 0.323 e. The predicted octanol–water partition coefficient (Wildman–Crippen LogP) is 2.29. The number of benzene rings is 1. The molecule has 2 N–H and O–H groups in total. The molecular weight excluding hydrogens is 282 g/mol. The molecule has 7 heteroatoms. The number of carbonyl (C=O) groups excluding carboxylic acids is 1. The lowest BCUT2D eigenvalue weighted by Crippen LogP contribution is -2.40. The first-order valence-corrected chi connectivity index (χ1v) is 6.38. The average molecular weight is 294 g/mol. The van der Waals surface area contributed by atoms with Crippen molar-refractivity contribution in [2.45, 2.75) is 18.9 Å². The van der Waals surface area contributed by atoms with Crippen LogP contribution in [0.2, 0.25) is 5.02 Å². The van der Waals surface area contributed by atoms with Crippen LogP contribution >= 0.6 is 11.6 Å². The van der Waals surface area contributed by atoms with E-state index in [1.54, 1.807) is 0 Å². The number of carbonyl (C=O) groups is 2.